The van der Waals surface area contributed by atoms with E-state index < -0.39 is 10.1 Å². The molecule has 1 aliphatic carbocycles. The van der Waals surface area contributed by atoms with E-state index in [1.165, 1.54) is 24.3 Å². The molecule has 2 aromatic rings. The van der Waals surface area contributed by atoms with Crippen molar-refractivity contribution in [3.05, 3.63) is 35.4 Å². The maximum absolute atomic E-state index is 11.7. The van der Waals surface area contributed by atoms with Gasteiger partial charge in [0, 0.05) is 17.4 Å². The van der Waals surface area contributed by atoms with E-state index in [-0.39, 0.29) is 16.4 Å². The third kappa shape index (κ3) is 1.80. The van der Waals surface area contributed by atoms with Gasteiger partial charge in [-0.25, -0.2) is 0 Å². The van der Waals surface area contributed by atoms with Crippen molar-refractivity contribution in [3.8, 4) is 5.75 Å². The molecule has 5 nitrogen and oxygen atoms in total. The van der Waals surface area contributed by atoms with Crippen molar-refractivity contribution in [3.63, 3.8) is 0 Å². The monoisotopic (exact) mass is 278 g/mol. The first-order chi connectivity index (χ1) is 8.88. The largest absolute Gasteiger partial charge is 0.507 e. The molecule has 0 saturated heterocycles. The van der Waals surface area contributed by atoms with Gasteiger partial charge >= 0.3 is 0 Å². The number of phenolic OH excluding ortho intramolecular Hbond substituents is 1. The predicted octanol–water partition coefficient (Wildman–Crippen LogP) is 1.92. The molecule has 0 radical (unpaired) electrons. The molecule has 0 saturated carbocycles. The second-order valence-corrected chi connectivity index (χ2v) is 5.95. The molecule has 2 aromatic carbocycles. The van der Waals surface area contributed by atoms with Crippen LogP contribution in [0.3, 0.4) is 0 Å². The molecule has 1 aliphatic rings. The van der Waals surface area contributed by atoms with Gasteiger partial charge in [0.15, 0.2) is 5.78 Å². The Balaban J connectivity index is 2.42. The Labute approximate surface area is 109 Å². The number of carbonyl (C=O) groups excluding carboxylic acids is 1. The molecule has 0 aliphatic heterocycles. The molecule has 0 fully saturated rings. The minimum absolute atomic E-state index is 0.0640. The fourth-order valence-corrected chi connectivity index (χ4v) is 3.00. The minimum atomic E-state index is -4.30. The van der Waals surface area contributed by atoms with E-state index in [1.807, 2.05) is 0 Å². The van der Waals surface area contributed by atoms with E-state index >= 15 is 0 Å². The molecule has 0 spiro atoms. The van der Waals surface area contributed by atoms with E-state index in [4.69, 9.17) is 4.55 Å². The smallest absolute Gasteiger partial charge is 0.294 e. The van der Waals surface area contributed by atoms with Crippen molar-refractivity contribution in [2.24, 2.45) is 0 Å². The molecule has 0 aromatic heterocycles. The van der Waals surface area contributed by atoms with Gasteiger partial charge < -0.3 is 5.11 Å². The molecular weight excluding hydrogens is 268 g/mol. The molecule has 19 heavy (non-hydrogen) atoms. The van der Waals surface area contributed by atoms with Crippen LogP contribution in [-0.4, -0.2) is 23.9 Å². The standard InChI is InChI=1S/C13H10O5S/c14-12-4-3-8-10-5-7(19(16,17)18)1-2-9(10)13(15)6-11(8)12/h1-2,5-6,15H,3-4H2,(H,16,17,18). The quantitative estimate of drug-likeness (QED) is 0.777. The van der Waals surface area contributed by atoms with Crippen LogP contribution in [0.4, 0.5) is 0 Å². The van der Waals surface area contributed by atoms with Crippen molar-refractivity contribution in [1.82, 2.24) is 0 Å². The summed E-state index contributed by atoms with van der Waals surface area (Å²) in [7, 11) is -4.30. The molecule has 0 amide bonds. The molecule has 3 rings (SSSR count). The van der Waals surface area contributed by atoms with Gasteiger partial charge in [-0.2, -0.15) is 8.42 Å². The highest BCUT2D eigenvalue weighted by Gasteiger charge is 2.24. The topological polar surface area (TPSA) is 91.7 Å². The predicted molar refractivity (Wildman–Crippen MR) is 68.1 cm³/mol. The van der Waals surface area contributed by atoms with Crippen molar-refractivity contribution >= 4 is 26.7 Å². The Morgan fingerprint density at radius 3 is 2.47 bits per heavy atom. The van der Waals surface area contributed by atoms with E-state index in [0.29, 0.717) is 29.2 Å². The fraction of sp³-hybridized carbons (Fsp3) is 0.154. The summed E-state index contributed by atoms with van der Waals surface area (Å²) in [5.41, 5.74) is 1.15. The SMILES string of the molecule is O=C1CCc2c1cc(O)c1ccc(S(=O)(=O)O)cc21. The molecule has 2 N–H and O–H groups in total. The lowest BCUT2D eigenvalue weighted by Gasteiger charge is -2.08. The molecular formula is C13H10O5S. The summed E-state index contributed by atoms with van der Waals surface area (Å²) in [4.78, 5) is 11.4. The molecule has 0 heterocycles. The number of fused-ring (bicyclic) bond motifs is 3. The third-order valence-corrected chi connectivity index (χ3v) is 4.25. The Morgan fingerprint density at radius 2 is 1.79 bits per heavy atom. The molecule has 0 bridgehead atoms. The highest BCUT2D eigenvalue weighted by molar-refractivity contribution is 7.85. The number of benzene rings is 2. The van der Waals surface area contributed by atoms with Crippen LogP contribution < -0.4 is 0 Å². The van der Waals surface area contributed by atoms with Gasteiger partial charge in [-0.05, 0) is 41.6 Å². The van der Waals surface area contributed by atoms with Gasteiger partial charge in [0.1, 0.15) is 5.75 Å². The Bertz CT molecular complexity index is 821. The van der Waals surface area contributed by atoms with Gasteiger partial charge in [-0.1, -0.05) is 0 Å². The zero-order chi connectivity index (χ0) is 13.8. The van der Waals surface area contributed by atoms with Crippen LogP contribution in [0.25, 0.3) is 10.8 Å². The molecule has 98 valence electrons. The average Bonchev–Trinajstić information content (AvgIpc) is 2.70. The maximum Gasteiger partial charge on any atom is 0.294 e. The van der Waals surface area contributed by atoms with Gasteiger partial charge in [-0.3, -0.25) is 9.35 Å². The maximum atomic E-state index is 11.7. The lowest BCUT2D eigenvalue weighted by Crippen LogP contribution is -1.98. The second-order valence-electron chi connectivity index (χ2n) is 4.53. The average molecular weight is 278 g/mol. The summed E-state index contributed by atoms with van der Waals surface area (Å²) in [5.74, 6) is -0.129. The second kappa shape index (κ2) is 3.79. The van der Waals surface area contributed by atoms with Crippen LogP contribution in [0, 0.1) is 0 Å². The van der Waals surface area contributed by atoms with Crippen molar-refractivity contribution in [2.75, 3.05) is 0 Å². The Kier molecular flexibility index (Phi) is 2.42. The van der Waals surface area contributed by atoms with Crippen LogP contribution in [0.15, 0.2) is 29.2 Å². The highest BCUT2D eigenvalue weighted by atomic mass is 32.2. The number of phenols is 1. The van der Waals surface area contributed by atoms with Crippen LogP contribution >= 0.6 is 0 Å². The molecule has 0 atom stereocenters. The number of aryl methyl sites for hydroxylation is 1. The van der Waals surface area contributed by atoms with Crippen molar-refractivity contribution in [1.29, 1.82) is 0 Å². The number of Topliss-reactive ketones (excluding diaryl/α,β-unsaturated/α-hetero) is 1. The fourth-order valence-electron chi connectivity index (χ4n) is 2.49. The first-order valence-corrected chi connectivity index (χ1v) is 7.11. The Hall–Kier alpha value is -1.92. The summed E-state index contributed by atoms with van der Waals surface area (Å²) in [6, 6.07) is 5.36. The van der Waals surface area contributed by atoms with Gasteiger partial charge in [0.05, 0.1) is 4.90 Å². The lowest BCUT2D eigenvalue weighted by atomic mass is 10.00. The lowest BCUT2D eigenvalue weighted by molar-refractivity contribution is 0.0994. The van der Waals surface area contributed by atoms with E-state index in [0.717, 1.165) is 5.56 Å². The summed E-state index contributed by atoms with van der Waals surface area (Å²) < 4.78 is 31.4. The van der Waals surface area contributed by atoms with Crippen molar-refractivity contribution < 1.29 is 22.9 Å². The van der Waals surface area contributed by atoms with Gasteiger partial charge in [0.25, 0.3) is 10.1 Å². The number of hydrogen-bond donors (Lipinski definition) is 2. The minimum Gasteiger partial charge on any atom is -0.507 e. The van der Waals surface area contributed by atoms with E-state index in [9.17, 15) is 18.3 Å². The van der Waals surface area contributed by atoms with Crippen LogP contribution in [-0.2, 0) is 16.5 Å². The van der Waals surface area contributed by atoms with Crippen LogP contribution in [0.5, 0.6) is 5.75 Å². The number of carbonyl (C=O) groups is 1. The van der Waals surface area contributed by atoms with Crippen LogP contribution in [0.1, 0.15) is 22.3 Å². The van der Waals surface area contributed by atoms with Crippen molar-refractivity contribution in [2.45, 2.75) is 17.7 Å². The number of hydrogen-bond acceptors (Lipinski definition) is 4. The summed E-state index contributed by atoms with van der Waals surface area (Å²) >= 11 is 0. The number of aromatic hydroxyl groups is 1. The summed E-state index contributed by atoms with van der Waals surface area (Å²) in [5, 5.41) is 10.9. The number of ketones is 1. The third-order valence-electron chi connectivity index (χ3n) is 3.40. The first kappa shape index (κ1) is 12.1. The first-order valence-electron chi connectivity index (χ1n) is 5.67. The van der Waals surface area contributed by atoms with Gasteiger partial charge in [-0.15, -0.1) is 0 Å². The van der Waals surface area contributed by atoms with E-state index in [2.05, 4.69) is 0 Å². The van der Waals surface area contributed by atoms with Gasteiger partial charge in [0.2, 0.25) is 0 Å². The normalized spacial score (nSPS) is 14.9. The highest BCUT2D eigenvalue weighted by Crippen LogP contribution is 2.36. The zero-order valence-corrected chi connectivity index (χ0v) is 10.6. The van der Waals surface area contributed by atoms with E-state index in [1.54, 1.807) is 0 Å². The van der Waals surface area contributed by atoms with Crippen LogP contribution in [0.2, 0.25) is 0 Å². The molecule has 0 unspecified atom stereocenters. The zero-order valence-electron chi connectivity index (χ0n) is 9.75. The number of rotatable bonds is 1. The summed E-state index contributed by atoms with van der Waals surface area (Å²) in [6.07, 6.45) is 0.865. The Morgan fingerprint density at radius 1 is 1.05 bits per heavy atom. The molecule has 6 heteroatoms. The summed E-state index contributed by atoms with van der Waals surface area (Å²) in [6.45, 7) is 0.